The number of Topliss-reactive ketones (excluding diaryl/α,β-unsaturated/α-hetero) is 1. The lowest BCUT2D eigenvalue weighted by Gasteiger charge is -2.22. The molecule has 0 aromatic rings. The molecule has 0 amide bonds. The number of carbonyl (C=O) groups is 2. The number of ketones is 1. The molecule has 0 aromatic heterocycles. The Balaban J connectivity index is -0.000000280. The van der Waals surface area contributed by atoms with Gasteiger partial charge in [-0.25, -0.2) is 0 Å². The van der Waals surface area contributed by atoms with Crippen molar-refractivity contribution in [2.75, 3.05) is 6.61 Å². The molecule has 102 valence electrons. The Bertz CT molecular complexity index is 195. The maximum absolute atomic E-state index is 11.0. The van der Waals surface area contributed by atoms with Gasteiger partial charge in [0.2, 0.25) is 0 Å². The number of unbranched alkanes of at least 4 members (excludes halogenated alkanes) is 1. The lowest BCUT2D eigenvalue weighted by molar-refractivity contribution is -0.154. The van der Waals surface area contributed by atoms with Gasteiger partial charge in [-0.15, -0.1) is 0 Å². The Morgan fingerprint density at radius 3 is 1.53 bits per heavy atom. The summed E-state index contributed by atoms with van der Waals surface area (Å²) in [5.41, 5.74) is -1.14. The summed E-state index contributed by atoms with van der Waals surface area (Å²) in [7, 11) is 0. The molecule has 0 unspecified atom stereocenters. The summed E-state index contributed by atoms with van der Waals surface area (Å²) in [6, 6.07) is 0. The number of rotatable bonds is 6. The molecule has 0 aliphatic rings. The minimum absolute atomic E-state index is 0. The third-order valence-corrected chi connectivity index (χ3v) is 2.80. The summed E-state index contributed by atoms with van der Waals surface area (Å²) in [4.78, 5) is 21.7. The molecule has 0 saturated carbocycles. The number of aliphatic hydroxyl groups is 1. The average molecular weight is 262 g/mol. The standard InChI is InChI=1S/C8H14O3.C4H10O.Al.3H/c1-4-8(5-2,6(3)9)7(10)11;1-2-3-4-5;;;;/h4-5H2,1-3H3,(H,10,11);5H,2-4H2,1H3;;;;. The van der Waals surface area contributed by atoms with Crippen LogP contribution in [0.15, 0.2) is 0 Å². The number of hydrogen-bond donors (Lipinski definition) is 2. The minimum atomic E-state index is -1.14. The second-order valence-corrected chi connectivity index (χ2v) is 3.73. The van der Waals surface area contributed by atoms with Gasteiger partial charge in [0, 0.05) is 6.61 Å². The third kappa shape index (κ3) is 7.54. The number of carboxylic acids is 1. The van der Waals surface area contributed by atoms with E-state index in [-0.39, 0.29) is 23.1 Å². The van der Waals surface area contributed by atoms with Crippen molar-refractivity contribution in [1.82, 2.24) is 0 Å². The number of aliphatic carboxylic acids is 1. The Morgan fingerprint density at radius 2 is 1.53 bits per heavy atom. The SMILES string of the molecule is CCC(CC)(C(C)=O)C(=O)O.CCCCO.[AlH3]. The number of carbonyl (C=O) groups excluding carboxylic acids is 1. The number of aliphatic hydroxyl groups excluding tert-OH is 1. The van der Waals surface area contributed by atoms with Crippen LogP contribution < -0.4 is 0 Å². The molecule has 2 N–H and O–H groups in total. The first kappa shape index (κ1) is 21.9. The number of carboxylic acid groups (broad SMARTS) is 1. The molecule has 0 radical (unpaired) electrons. The van der Waals surface area contributed by atoms with Crippen LogP contribution in [0.25, 0.3) is 0 Å². The van der Waals surface area contributed by atoms with Gasteiger partial charge in [0.1, 0.15) is 11.2 Å². The van der Waals surface area contributed by atoms with Gasteiger partial charge in [0.25, 0.3) is 0 Å². The predicted molar refractivity (Wildman–Crippen MR) is 73.3 cm³/mol. The first-order valence-electron chi connectivity index (χ1n) is 5.78. The second-order valence-electron chi connectivity index (χ2n) is 3.73. The zero-order valence-corrected chi connectivity index (χ0v) is 10.7. The second kappa shape index (κ2) is 12.1. The van der Waals surface area contributed by atoms with Crippen LogP contribution in [-0.2, 0) is 9.59 Å². The highest BCUT2D eigenvalue weighted by atomic mass is 27.0. The van der Waals surface area contributed by atoms with Crippen molar-refractivity contribution in [3.63, 3.8) is 0 Å². The molecule has 0 heterocycles. The van der Waals surface area contributed by atoms with E-state index in [1.165, 1.54) is 6.92 Å². The first-order chi connectivity index (χ1) is 7.42. The van der Waals surface area contributed by atoms with Gasteiger partial charge in [-0.1, -0.05) is 27.2 Å². The van der Waals surface area contributed by atoms with Gasteiger partial charge in [-0.3, -0.25) is 9.59 Å². The zero-order valence-electron chi connectivity index (χ0n) is 10.7. The van der Waals surface area contributed by atoms with Crippen molar-refractivity contribution >= 4 is 29.1 Å². The van der Waals surface area contributed by atoms with Crippen LogP contribution >= 0.6 is 0 Å². The van der Waals surface area contributed by atoms with Gasteiger partial charge in [-0.05, 0) is 26.2 Å². The van der Waals surface area contributed by atoms with Crippen LogP contribution in [0.1, 0.15) is 53.4 Å². The third-order valence-electron chi connectivity index (χ3n) is 2.80. The fraction of sp³-hybridized carbons (Fsp3) is 0.833. The molecule has 17 heavy (non-hydrogen) atoms. The van der Waals surface area contributed by atoms with Crippen LogP contribution in [0.3, 0.4) is 0 Å². The Labute approximate surface area is 115 Å². The molecule has 0 rings (SSSR count). The van der Waals surface area contributed by atoms with E-state index in [0.29, 0.717) is 19.4 Å². The molecule has 0 bridgehead atoms. The van der Waals surface area contributed by atoms with E-state index in [1.54, 1.807) is 13.8 Å². The van der Waals surface area contributed by atoms with Gasteiger partial charge in [0.05, 0.1) is 0 Å². The lowest BCUT2D eigenvalue weighted by Crippen LogP contribution is -2.36. The largest absolute Gasteiger partial charge is 0.480 e. The van der Waals surface area contributed by atoms with E-state index in [9.17, 15) is 9.59 Å². The molecule has 0 atom stereocenters. The Morgan fingerprint density at radius 1 is 1.12 bits per heavy atom. The van der Waals surface area contributed by atoms with Crippen molar-refractivity contribution in [3.8, 4) is 0 Å². The van der Waals surface area contributed by atoms with E-state index in [1.807, 2.05) is 0 Å². The predicted octanol–water partition coefficient (Wildman–Crippen LogP) is 1.06. The summed E-state index contributed by atoms with van der Waals surface area (Å²) in [6.07, 6.45) is 2.78. The van der Waals surface area contributed by atoms with Gasteiger partial charge < -0.3 is 10.2 Å². The van der Waals surface area contributed by atoms with Crippen molar-refractivity contribution in [2.24, 2.45) is 5.41 Å². The summed E-state index contributed by atoms with van der Waals surface area (Å²) < 4.78 is 0. The first-order valence-corrected chi connectivity index (χ1v) is 5.78. The molecular weight excluding hydrogens is 235 g/mol. The average Bonchev–Trinajstić information content (AvgIpc) is 2.21. The summed E-state index contributed by atoms with van der Waals surface area (Å²) >= 11 is 0. The highest BCUT2D eigenvalue weighted by molar-refractivity contribution is 6.01. The molecule has 0 aliphatic heterocycles. The van der Waals surface area contributed by atoms with E-state index in [4.69, 9.17) is 10.2 Å². The highest BCUT2D eigenvalue weighted by Crippen LogP contribution is 2.27. The lowest BCUT2D eigenvalue weighted by atomic mass is 9.79. The molecule has 0 fully saturated rings. The molecule has 0 aliphatic carbocycles. The van der Waals surface area contributed by atoms with Crippen LogP contribution in [-0.4, -0.2) is 45.9 Å². The summed E-state index contributed by atoms with van der Waals surface area (Å²) in [5.74, 6) is -1.26. The van der Waals surface area contributed by atoms with E-state index in [2.05, 4.69) is 6.92 Å². The smallest absolute Gasteiger partial charge is 0.317 e. The van der Waals surface area contributed by atoms with Crippen LogP contribution in [0, 0.1) is 5.41 Å². The molecule has 0 aromatic carbocycles. The molecule has 0 spiro atoms. The van der Waals surface area contributed by atoms with Gasteiger partial charge in [-0.2, -0.15) is 0 Å². The molecule has 4 nitrogen and oxygen atoms in total. The number of hydrogen-bond acceptors (Lipinski definition) is 3. The maximum Gasteiger partial charge on any atom is 0.317 e. The van der Waals surface area contributed by atoms with Gasteiger partial charge >= 0.3 is 5.97 Å². The Hall–Kier alpha value is -0.368. The van der Waals surface area contributed by atoms with Crippen molar-refractivity contribution in [3.05, 3.63) is 0 Å². The van der Waals surface area contributed by atoms with E-state index >= 15 is 0 Å². The quantitative estimate of drug-likeness (QED) is 0.554. The van der Waals surface area contributed by atoms with Crippen LogP contribution in [0.4, 0.5) is 0 Å². The monoisotopic (exact) mass is 262 g/mol. The van der Waals surface area contributed by atoms with Crippen LogP contribution in [0.5, 0.6) is 0 Å². The molecule has 0 saturated heterocycles. The van der Waals surface area contributed by atoms with Gasteiger partial charge in [0.15, 0.2) is 17.4 Å². The molecule has 5 heteroatoms. The van der Waals surface area contributed by atoms with Crippen LogP contribution in [0.2, 0.25) is 0 Å². The van der Waals surface area contributed by atoms with Crippen molar-refractivity contribution < 1.29 is 19.8 Å². The zero-order chi connectivity index (χ0) is 13.2. The Kier molecular flexibility index (Phi) is 15.6. The fourth-order valence-electron chi connectivity index (χ4n) is 1.36. The normalized spacial score (nSPS) is 9.71. The minimum Gasteiger partial charge on any atom is -0.480 e. The summed E-state index contributed by atoms with van der Waals surface area (Å²) in [5, 5.41) is 16.8. The van der Waals surface area contributed by atoms with E-state index < -0.39 is 11.4 Å². The van der Waals surface area contributed by atoms with Crippen molar-refractivity contribution in [1.29, 1.82) is 0 Å². The topological polar surface area (TPSA) is 74.6 Å². The van der Waals surface area contributed by atoms with E-state index in [0.717, 1.165) is 12.8 Å². The highest BCUT2D eigenvalue weighted by Gasteiger charge is 2.39. The van der Waals surface area contributed by atoms with Crippen molar-refractivity contribution in [2.45, 2.75) is 53.4 Å². The molecular formula is C12H27AlO4. The maximum atomic E-state index is 11.0. The summed E-state index contributed by atoms with van der Waals surface area (Å²) in [6.45, 7) is 7.17. The fourth-order valence-corrected chi connectivity index (χ4v) is 1.36.